The van der Waals surface area contributed by atoms with Gasteiger partial charge in [0.2, 0.25) is 0 Å². The third kappa shape index (κ3) is 2.62. The number of imidazole rings is 1. The lowest BCUT2D eigenvalue weighted by Gasteiger charge is -2.05. The first kappa shape index (κ1) is 12.8. The number of aromatic nitrogens is 2. The molecule has 0 saturated heterocycles. The van der Waals surface area contributed by atoms with Crippen molar-refractivity contribution in [3.63, 3.8) is 0 Å². The Hall–Kier alpha value is -1.60. The highest BCUT2D eigenvalue weighted by atomic mass is 79.9. The smallest absolute Gasteiger partial charge is 0.161 e. The summed E-state index contributed by atoms with van der Waals surface area (Å²) in [5.41, 5.74) is 2.81. The zero-order chi connectivity index (χ0) is 13.1. The Labute approximate surface area is 115 Å². The van der Waals surface area contributed by atoms with E-state index in [9.17, 15) is 0 Å². The first-order valence-corrected chi connectivity index (χ1v) is 6.58. The monoisotopic (exact) mass is 303 g/mol. The molecule has 0 fully saturated rings. The number of halogens is 1. The van der Waals surface area contributed by atoms with E-state index in [1.54, 1.807) is 0 Å². The van der Waals surface area contributed by atoms with Crippen molar-refractivity contribution in [1.82, 2.24) is 9.55 Å². The van der Waals surface area contributed by atoms with Gasteiger partial charge in [-0.25, -0.2) is 4.98 Å². The van der Waals surface area contributed by atoms with Gasteiger partial charge in [0.25, 0.3) is 0 Å². The van der Waals surface area contributed by atoms with E-state index in [4.69, 9.17) is 5.26 Å². The predicted molar refractivity (Wildman–Crippen MR) is 74.2 cm³/mol. The molecule has 0 unspecified atom stereocenters. The topological polar surface area (TPSA) is 41.6 Å². The van der Waals surface area contributed by atoms with Gasteiger partial charge in [0.05, 0.1) is 5.69 Å². The number of aryl methyl sites for hydroxylation is 2. The van der Waals surface area contributed by atoms with Crippen molar-refractivity contribution >= 4 is 15.9 Å². The lowest BCUT2D eigenvalue weighted by Crippen LogP contribution is -2.02. The van der Waals surface area contributed by atoms with Crippen molar-refractivity contribution in [3.05, 3.63) is 51.5 Å². The van der Waals surface area contributed by atoms with Crippen molar-refractivity contribution in [1.29, 1.82) is 5.26 Å². The fraction of sp³-hybridized carbons (Fsp3) is 0.286. The molecule has 18 heavy (non-hydrogen) atoms. The van der Waals surface area contributed by atoms with Crippen LogP contribution < -0.4 is 0 Å². The fourth-order valence-corrected chi connectivity index (χ4v) is 2.43. The number of hydrogen-bond donors (Lipinski definition) is 0. The summed E-state index contributed by atoms with van der Waals surface area (Å²) in [4.78, 5) is 4.25. The van der Waals surface area contributed by atoms with E-state index in [0.29, 0.717) is 5.69 Å². The van der Waals surface area contributed by atoms with E-state index in [-0.39, 0.29) is 0 Å². The van der Waals surface area contributed by atoms with Gasteiger partial charge in [0, 0.05) is 11.5 Å². The second-order valence-corrected chi connectivity index (χ2v) is 5.17. The van der Waals surface area contributed by atoms with E-state index >= 15 is 0 Å². The van der Waals surface area contributed by atoms with E-state index < -0.39 is 0 Å². The number of hydrogen-bond acceptors (Lipinski definition) is 2. The van der Waals surface area contributed by atoms with Gasteiger partial charge in [-0.15, -0.1) is 0 Å². The summed E-state index contributed by atoms with van der Waals surface area (Å²) >= 11 is 3.47. The molecule has 0 aliphatic rings. The minimum Gasteiger partial charge on any atom is -0.334 e. The highest BCUT2D eigenvalue weighted by Gasteiger charge is 2.11. The molecule has 0 N–H and O–H groups in total. The van der Waals surface area contributed by atoms with Crippen LogP contribution in [-0.2, 0) is 19.9 Å². The molecule has 2 aromatic rings. The van der Waals surface area contributed by atoms with Crippen LogP contribution in [0.3, 0.4) is 0 Å². The molecule has 0 atom stereocenters. The van der Waals surface area contributed by atoms with Crippen LogP contribution in [0.4, 0.5) is 0 Å². The summed E-state index contributed by atoms with van der Waals surface area (Å²) in [7, 11) is 1.96. The Balaban J connectivity index is 2.18. The van der Waals surface area contributed by atoms with Gasteiger partial charge in [0.15, 0.2) is 5.69 Å². The van der Waals surface area contributed by atoms with E-state index in [2.05, 4.69) is 39.1 Å². The summed E-state index contributed by atoms with van der Waals surface area (Å²) in [6.07, 6.45) is 1.74. The first-order valence-electron chi connectivity index (χ1n) is 5.78. The zero-order valence-electron chi connectivity index (χ0n) is 10.4. The molecule has 0 saturated carbocycles. The Morgan fingerprint density at radius 1 is 1.39 bits per heavy atom. The molecular formula is C14H14BrN3. The second-order valence-electron chi connectivity index (χ2n) is 4.26. The molecule has 1 aromatic carbocycles. The van der Waals surface area contributed by atoms with Crippen LogP contribution in [0.15, 0.2) is 28.7 Å². The molecule has 2 rings (SSSR count). The number of benzene rings is 1. The molecule has 3 nitrogen and oxygen atoms in total. The molecule has 1 aromatic heterocycles. The SMILES string of the molecule is Cc1nc(C#N)c(CCc2cccc(Br)c2)n1C. The third-order valence-electron chi connectivity index (χ3n) is 3.08. The van der Waals surface area contributed by atoms with Crippen LogP contribution in [0.1, 0.15) is 22.8 Å². The Bertz CT molecular complexity index is 608. The van der Waals surface area contributed by atoms with Crippen LogP contribution in [0.2, 0.25) is 0 Å². The maximum absolute atomic E-state index is 9.06. The average molecular weight is 304 g/mol. The first-order chi connectivity index (χ1) is 8.61. The normalized spacial score (nSPS) is 10.3. The molecule has 0 radical (unpaired) electrons. The summed E-state index contributed by atoms with van der Waals surface area (Å²) in [5.74, 6) is 0.885. The largest absolute Gasteiger partial charge is 0.334 e. The molecular weight excluding hydrogens is 290 g/mol. The highest BCUT2D eigenvalue weighted by Crippen LogP contribution is 2.16. The van der Waals surface area contributed by atoms with Crippen molar-refractivity contribution in [3.8, 4) is 6.07 Å². The van der Waals surface area contributed by atoms with Gasteiger partial charge in [-0.05, 0) is 37.5 Å². The summed E-state index contributed by atoms with van der Waals surface area (Å²) in [6.45, 7) is 1.92. The van der Waals surface area contributed by atoms with Crippen LogP contribution >= 0.6 is 15.9 Å². The molecule has 0 bridgehead atoms. The number of nitrogens with zero attached hydrogens (tertiary/aromatic N) is 3. The lowest BCUT2D eigenvalue weighted by molar-refractivity contribution is 0.771. The van der Waals surface area contributed by atoms with Crippen LogP contribution in [0.5, 0.6) is 0 Å². The molecule has 92 valence electrons. The summed E-state index contributed by atoms with van der Waals surface area (Å²) in [6, 6.07) is 10.4. The van der Waals surface area contributed by atoms with Gasteiger partial charge >= 0.3 is 0 Å². The van der Waals surface area contributed by atoms with Crippen molar-refractivity contribution in [2.24, 2.45) is 7.05 Å². The molecule has 4 heteroatoms. The standard InChI is InChI=1S/C14H14BrN3/c1-10-17-13(9-16)14(18(10)2)7-6-11-4-3-5-12(15)8-11/h3-5,8H,6-7H2,1-2H3. The highest BCUT2D eigenvalue weighted by molar-refractivity contribution is 9.10. The summed E-state index contributed by atoms with van der Waals surface area (Å²) < 4.78 is 3.08. The predicted octanol–water partition coefficient (Wildman–Crippen LogP) is 3.15. The van der Waals surface area contributed by atoms with Crippen molar-refractivity contribution in [2.45, 2.75) is 19.8 Å². The van der Waals surface area contributed by atoms with Crippen LogP contribution in [0, 0.1) is 18.3 Å². The third-order valence-corrected chi connectivity index (χ3v) is 3.58. The fourth-order valence-electron chi connectivity index (χ4n) is 1.99. The van der Waals surface area contributed by atoms with Crippen LogP contribution in [-0.4, -0.2) is 9.55 Å². The van der Waals surface area contributed by atoms with Crippen LogP contribution in [0.25, 0.3) is 0 Å². The Morgan fingerprint density at radius 2 is 2.17 bits per heavy atom. The Kier molecular flexibility index (Phi) is 3.83. The van der Waals surface area contributed by atoms with E-state index in [1.807, 2.05) is 30.7 Å². The maximum Gasteiger partial charge on any atom is 0.161 e. The molecule has 0 spiro atoms. The minimum atomic E-state index is 0.546. The van der Waals surface area contributed by atoms with Crippen molar-refractivity contribution in [2.75, 3.05) is 0 Å². The zero-order valence-corrected chi connectivity index (χ0v) is 12.0. The second kappa shape index (κ2) is 5.36. The summed E-state index contributed by atoms with van der Waals surface area (Å²) in [5, 5.41) is 9.06. The van der Waals surface area contributed by atoms with E-state index in [0.717, 1.165) is 28.8 Å². The maximum atomic E-state index is 9.06. The Morgan fingerprint density at radius 3 is 2.83 bits per heavy atom. The van der Waals surface area contributed by atoms with Gasteiger partial charge in [-0.1, -0.05) is 28.1 Å². The molecule has 0 amide bonds. The quantitative estimate of drug-likeness (QED) is 0.874. The average Bonchev–Trinajstić information content (AvgIpc) is 2.63. The lowest BCUT2D eigenvalue weighted by atomic mass is 10.1. The van der Waals surface area contributed by atoms with E-state index in [1.165, 1.54) is 5.56 Å². The molecule has 1 heterocycles. The van der Waals surface area contributed by atoms with Gasteiger partial charge in [0.1, 0.15) is 11.9 Å². The van der Waals surface area contributed by atoms with Gasteiger partial charge in [-0.3, -0.25) is 0 Å². The molecule has 0 aliphatic heterocycles. The van der Waals surface area contributed by atoms with Crippen molar-refractivity contribution < 1.29 is 0 Å². The number of rotatable bonds is 3. The van der Waals surface area contributed by atoms with Gasteiger partial charge < -0.3 is 4.57 Å². The number of nitriles is 1. The van der Waals surface area contributed by atoms with Gasteiger partial charge in [-0.2, -0.15) is 5.26 Å². The minimum absolute atomic E-state index is 0.546. The molecule has 0 aliphatic carbocycles.